The molecule has 1 aliphatic carbocycles. The van der Waals surface area contributed by atoms with Gasteiger partial charge in [-0.3, -0.25) is 14.6 Å². The van der Waals surface area contributed by atoms with Gasteiger partial charge < -0.3 is 19.7 Å². The van der Waals surface area contributed by atoms with E-state index in [1.165, 1.54) is 0 Å². The maximum absolute atomic E-state index is 13.1. The highest BCUT2D eigenvalue weighted by molar-refractivity contribution is 7.99. The van der Waals surface area contributed by atoms with Crippen molar-refractivity contribution in [1.82, 2.24) is 15.2 Å². The molecule has 1 N–H and O–H groups in total. The molecule has 2 aliphatic rings. The normalized spacial score (nSPS) is 20.4. The van der Waals surface area contributed by atoms with Gasteiger partial charge >= 0.3 is 0 Å². The molecule has 1 aromatic carbocycles. The molecular weight excluding hydrogens is 414 g/mol. The molecule has 8 heteroatoms. The van der Waals surface area contributed by atoms with E-state index >= 15 is 0 Å². The van der Waals surface area contributed by atoms with Crippen LogP contribution in [0, 0.1) is 5.92 Å². The Balaban J connectivity index is 1.49. The van der Waals surface area contributed by atoms with Gasteiger partial charge in [0.25, 0.3) is 0 Å². The molecule has 7 nitrogen and oxygen atoms in total. The third-order valence-corrected chi connectivity index (χ3v) is 6.91. The number of thioether (sulfide) groups is 1. The molecule has 1 aromatic heterocycles. The van der Waals surface area contributed by atoms with Gasteiger partial charge in [0.15, 0.2) is 11.5 Å². The number of ether oxygens (including phenoxy) is 2. The average molecular weight is 442 g/mol. The van der Waals surface area contributed by atoms with Crippen LogP contribution in [0.4, 0.5) is 0 Å². The largest absolute Gasteiger partial charge is 0.493 e. The molecule has 1 saturated carbocycles. The lowest BCUT2D eigenvalue weighted by atomic mass is 10.1. The highest BCUT2D eigenvalue weighted by Crippen LogP contribution is 2.46. The molecule has 2 fully saturated rings. The number of hydrogen-bond donors (Lipinski definition) is 1. The van der Waals surface area contributed by atoms with E-state index in [9.17, 15) is 9.59 Å². The van der Waals surface area contributed by atoms with Gasteiger partial charge in [0, 0.05) is 36.5 Å². The number of methoxy groups -OCH3 is 2. The van der Waals surface area contributed by atoms with Crippen molar-refractivity contribution in [3.05, 3.63) is 53.9 Å². The predicted molar refractivity (Wildman–Crippen MR) is 119 cm³/mol. The van der Waals surface area contributed by atoms with Crippen LogP contribution in [0.2, 0.25) is 0 Å². The van der Waals surface area contributed by atoms with Crippen molar-refractivity contribution in [3.8, 4) is 11.5 Å². The van der Waals surface area contributed by atoms with E-state index < -0.39 is 6.04 Å². The van der Waals surface area contributed by atoms with Crippen molar-refractivity contribution < 1.29 is 19.1 Å². The molecule has 2 aromatic rings. The first kappa shape index (κ1) is 21.5. The Hall–Kier alpha value is -2.74. The maximum Gasteiger partial charge on any atom is 0.243 e. The van der Waals surface area contributed by atoms with Gasteiger partial charge in [0.1, 0.15) is 11.4 Å². The Bertz CT molecular complexity index is 936. The summed E-state index contributed by atoms with van der Waals surface area (Å²) in [5.74, 6) is 1.80. The summed E-state index contributed by atoms with van der Waals surface area (Å²) >= 11 is 1.61. The Morgan fingerprint density at radius 1 is 1.16 bits per heavy atom. The fourth-order valence-electron chi connectivity index (χ4n) is 3.76. The molecule has 164 valence electrons. The highest BCUT2D eigenvalue weighted by Gasteiger charge is 2.46. The average Bonchev–Trinajstić information content (AvgIpc) is 3.56. The van der Waals surface area contributed by atoms with Gasteiger partial charge in [-0.05, 0) is 42.7 Å². The zero-order valence-corrected chi connectivity index (χ0v) is 18.6. The lowest BCUT2D eigenvalue weighted by Gasteiger charge is -2.29. The molecule has 1 aliphatic heterocycles. The fourth-order valence-corrected chi connectivity index (χ4v) is 5.19. The summed E-state index contributed by atoms with van der Waals surface area (Å²) in [5, 5.41) is 2.78. The van der Waals surface area contributed by atoms with Crippen molar-refractivity contribution in [1.29, 1.82) is 0 Å². The van der Waals surface area contributed by atoms with Gasteiger partial charge in [-0.2, -0.15) is 0 Å². The number of nitrogens with zero attached hydrogens (tertiary/aromatic N) is 2. The molecular formula is C23H27N3O4S. The zero-order valence-electron chi connectivity index (χ0n) is 17.7. The smallest absolute Gasteiger partial charge is 0.243 e. The number of rotatable bonds is 8. The predicted octanol–water partition coefficient (Wildman–Crippen LogP) is 2.81. The van der Waals surface area contributed by atoms with E-state index in [4.69, 9.17) is 9.47 Å². The van der Waals surface area contributed by atoms with Crippen molar-refractivity contribution in [2.24, 2.45) is 5.92 Å². The van der Waals surface area contributed by atoms with E-state index in [1.54, 1.807) is 37.1 Å². The molecule has 4 rings (SSSR count). The second kappa shape index (κ2) is 9.60. The summed E-state index contributed by atoms with van der Waals surface area (Å²) in [6.07, 6.45) is 4.19. The summed E-state index contributed by atoms with van der Waals surface area (Å²) < 4.78 is 10.8. The van der Waals surface area contributed by atoms with Crippen LogP contribution >= 0.6 is 11.8 Å². The number of nitrogens with one attached hydrogen (secondary N) is 1. The summed E-state index contributed by atoms with van der Waals surface area (Å²) in [4.78, 5) is 32.2. The van der Waals surface area contributed by atoms with Gasteiger partial charge in [-0.15, -0.1) is 11.8 Å². The molecule has 31 heavy (non-hydrogen) atoms. The van der Waals surface area contributed by atoms with Gasteiger partial charge in [-0.25, -0.2) is 0 Å². The van der Waals surface area contributed by atoms with Crippen LogP contribution < -0.4 is 14.8 Å². The van der Waals surface area contributed by atoms with Crippen molar-refractivity contribution >= 4 is 23.6 Å². The lowest BCUT2D eigenvalue weighted by molar-refractivity contribution is -0.140. The Labute approximate surface area is 186 Å². The van der Waals surface area contributed by atoms with Crippen LogP contribution in [0.3, 0.4) is 0 Å². The first-order valence-corrected chi connectivity index (χ1v) is 11.5. The van der Waals surface area contributed by atoms with E-state index in [0.29, 0.717) is 30.2 Å². The first-order valence-electron chi connectivity index (χ1n) is 10.5. The maximum atomic E-state index is 13.1. The first-order chi connectivity index (χ1) is 15.1. The molecule has 0 radical (unpaired) electrons. The Morgan fingerprint density at radius 3 is 2.65 bits per heavy atom. The molecule has 1 saturated heterocycles. The number of hydrogen-bond acceptors (Lipinski definition) is 6. The van der Waals surface area contributed by atoms with Crippen molar-refractivity contribution in [2.45, 2.75) is 30.7 Å². The minimum Gasteiger partial charge on any atom is -0.493 e. The number of carbonyl (C=O) groups excluding carboxylic acids is 2. The summed E-state index contributed by atoms with van der Waals surface area (Å²) in [6, 6.07) is 10.9. The monoisotopic (exact) mass is 441 g/mol. The van der Waals surface area contributed by atoms with Crippen LogP contribution in [0.5, 0.6) is 11.5 Å². The van der Waals surface area contributed by atoms with Crippen LogP contribution in [0.15, 0.2) is 42.6 Å². The molecule has 2 unspecified atom stereocenters. The van der Waals surface area contributed by atoms with Crippen LogP contribution in [0.25, 0.3) is 0 Å². The van der Waals surface area contributed by atoms with Gasteiger partial charge in [-0.1, -0.05) is 12.1 Å². The van der Waals surface area contributed by atoms with E-state index in [2.05, 4.69) is 10.3 Å². The standard InChI is InChI=1S/C23H27N3O4S/c1-29-19-9-8-16(13-20(19)30-2)23-26(22(28)15-6-7-15)18(14-31-23)21(27)25-12-10-17-5-3-4-11-24-17/h3-5,8-9,11,13,15,18,23H,6-7,10,12,14H2,1-2H3,(H,25,27). The lowest BCUT2D eigenvalue weighted by Crippen LogP contribution is -2.48. The van der Waals surface area contributed by atoms with E-state index in [1.807, 2.05) is 36.4 Å². The van der Waals surface area contributed by atoms with Gasteiger partial charge in [0.2, 0.25) is 11.8 Å². The second-order valence-electron chi connectivity index (χ2n) is 7.70. The fraction of sp³-hybridized carbons (Fsp3) is 0.435. The van der Waals surface area contributed by atoms with Crippen LogP contribution in [0.1, 0.15) is 29.5 Å². The quantitative estimate of drug-likeness (QED) is 0.679. The molecule has 2 atom stereocenters. The number of pyridine rings is 1. The highest BCUT2D eigenvalue weighted by atomic mass is 32.2. The molecule has 2 amide bonds. The topological polar surface area (TPSA) is 80.8 Å². The van der Waals surface area contributed by atoms with Crippen molar-refractivity contribution in [3.63, 3.8) is 0 Å². The van der Waals surface area contributed by atoms with Crippen LogP contribution in [-0.2, 0) is 16.0 Å². The minimum absolute atomic E-state index is 0.0326. The number of carbonyl (C=O) groups is 2. The van der Waals surface area contributed by atoms with E-state index in [-0.39, 0.29) is 23.1 Å². The molecule has 2 heterocycles. The summed E-state index contributed by atoms with van der Waals surface area (Å²) in [6.45, 7) is 0.490. The molecule has 0 spiro atoms. The third kappa shape index (κ3) is 4.79. The van der Waals surface area contributed by atoms with E-state index in [0.717, 1.165) is 24.1 Å². The SMILES string of the molecule is COc1ccc(C2SCC(C(=O)NCCc3ccccn3)N2C(=O)C2CC2)cc1OC. The molecule has 0 bridgehead atoms. The number of benzene rings is 1. The van der Waals surface area contributed by atoms with Gasteiger partial charge in [0.05, 0.1) is 14.2 Å². The zero-order chi connectivity index (χ0) is 21.8. The minimum atomic E-state index is -0.486. The Morgan fingerprint density at radius 2 is 1.97 bits per heavy atom. The third-order valence-electron chi connectivity index (χ3n) is 5.58. The Kier molecular flexibility index (Phi) is 6.65. The summed E-state index contributed by atoms with van der Waals surface area (Å²) in [7, 11) is 3.19. The van der Waals surface area contributed by atoms with Crippen molar-refractivity contribution in [2.75, 3.05) is 26.5 Å². The van der Waals surface area contributed by atoms with Crippen LogP contribution in [-0.4, -0.2) is 54.3 Å². The summed E-state index contributed by atoms with van der Waals surface area (Å²) in [5.41, 5.74) is 1.86. The second-order valence-corrected chi connectivity index (χ2v) is 8.81. The number of aromatic nitrogens is 1. The number of amides is 2.